The fraction of sp³-hybridized carbons (Fsp3) is 0.267. The van der Waals surface area contributed by atoms with E-state index in [4.69, 9.17) is 0 Å². The van der Waals surface area contributed by atoms with E-state index < -0.39 is 0 Å². The van der Waals surface area contributed by atoms with Crippen LogP contribution >= 0.6 is 0 Å². The molecule has 86 valence electrons. The first kappa shape index (κ1) is 13.8. The summed E-state index contributed by atoms with van der Waals surface area (Å²) in [6.07, 6.45) is 0.866. The monoisotopic (exact) mass is 261 g/mol. The van der Waals surface area contributed by atoms with Gasteiger partial charge in [-0.15, -0.1) is 0 Å². The quantitative estimate of drug-likeness (QED) is 0.753. The van der Waals surface area contributed by atoms with Gasteiger partial charge in [0.1, 0.15) is 0 Å². The van der Waals surface area contributed by atoms with E-state index in [1.165, 1.54) is 0 Å². The molecular formula is C15H15CrN. The summed E-state index contributed by atoms with van der Waals surface area (Å²) in [4.78, 5) is 2.08. The van der Waals surface area contributed by atoms with Gasteiger partial charge in [0.15, 0.2) is 0 Å². The van der Waals surface area contributed by atoms with Crippen LogP contribution < -0.4 is 0 Å². The summed E-state index contributed by atoms with van der Waals surface area (Å²) in [6.45, 7) is 2.75. The maximum atomic E-state index is 3.12. The first-order chi connectivity index (χ1) is 8.24. The minimum atomic E-state index is 0.866. The molecule has 0 amide bonds. The minimum absolute atomic E-state index is 0.866. The van der Waals surface area contributed by atoms with Crippen molar-refractivity contribution in [1.82, 2.24) is 4.90 Å². The van der Waals surface area contributed by atoms with Crippen LogP contribution in [0.15, 0.2) is 30.3 Å². The van der Waals surface area contributed by atoms with E-state index in [9.17, 15) is 0 Å². The van der Waals surface area contributed by atoms with Crippen molar-refractivity contribution in [1.29, 1.82) is 0 Å². The summed E-state index contributed by atoms with van der Waals surface area (Å²) in [5.41, 5.74) is 1.03. The van der Waals surface area contributed by atoms with Crippen molar-refractivity contribution in [2.24, 2.45) is 0 Å². The zero-order valence-electron chi connectivity index (χ0n) is 10.2. The van der Waals surface area contributed by atoms with Crippen LogP contribution in [0, 0.1) is 23.7 Å². The van der Waals surface area contributed by atoms with E-state index in [-0.39, 0.29) is 0 Å². The van der Waals surface area contributed by atoms with Crippen molar-refractivity contribution in [2.45, 2.75) is 13.3 Å². The van der Waals surface area contributed by atoms with Gasteiger partial charge in [-0.3, -0.25) is 0 Å². The van der Waals surface area contributed by atoms with Crippen LogP contribution in [0.2, 0.25) is 0 Å². The molecule has 0 saturated heterocycles. The van der Waals surface area contributed by atoms with Gasteiger partial charge in [-0.1, -0.05) is 0 Å². The molecule has 0 heterocycles. The molecule has 1 aromatic rings. The van der Waals surface area contributed by atoms with Crippen LogP contribution in [0.3, 0.4) is 0 Å². The third-order valence-corrected chi connectivity index (χ3v) is 2.83. The molecule has 0 aromatic heterocycles. The van der Waals surface area contributed by atoms with Gasteiger partial charge in [0.25, 0.3) is 0 Å². The summed E-state index contributed by atoms with van der Waals surface area (Å²) < 4.78 is 0.951. The average molecular weight is 261 g/mol. The zero-order chi connectivity index (χ0) is 12.5. The average Bonchev–Trinajstić information content (AvgIpc) is 2.37. The Kier molecular flexibility index (Phi) is 6.39. The molecule has 1 nitrogen and oxygen atoms in total. The molecule has 17 heavy (non-hydrogen) atoms. The van der Waals surface area contributed by atoms with Gasteiger partial charge >= 0.3 is 112 Å². The second-order valence-electron chi connectivity index (χ2n) is 3.52. The van der Waals surface area contributed by atoms with Crippen LogP contribution in [-0.4, -0.2) is 23.0 Å². The fourth-order valence-electron chi connectivity index (χ4n) is 1.19. The molecule has 0 aliphatic rings. The second kappa shape index (κ2) is 7.89. The number of hydrogen-bond acceptors (Lipinski definition) is 1. The number of hydrogen-bond donors (Lipinski definition) is 0. The van der Waals surface area contributed by atoms with Gasteiger partial charge in [0.05, 0.1) is 0 Å². The van der Waals surface area contributed by atoms with Crippen LogP contribution in [0.1, 0.15) is 18.9 Å². The van der Waals surface area contributed by atoms with Gasteiger partial charge in [-0.25, -0.2) is 0 Å². The molecule has 0 radical (unpaired) electrons. The van der Waals surface area contributed by atoms with Gasteiger partial charge in [-0.2, -0.15) is 0 Å². The number of nitrogens with zero attached hydrogens (tertiary/aromatic N) is 1. The summed E-state index contributed by atoms with van der Waals surface area (Å²) in [5.74, 6) is 12.2. The predicted molar refractivity (Wildman–Crippen MR) is 69.0 cm³/mol. The first-order valence-electron chi connectivity index (χ1n) is 5.46. The Balaban J connectivity index is 2.53. The van der Waals surface area contributed by atoms with E-state index >= 15 is 0 Å². The molecule has 1 aromatic carbocycles. The molecule has 2 heteroatoms. The Morgan fingerprint density at radius 2 is 2.00 bits per heavy atom. The Bertz CT molecular complexity index is 482. The molecule has 0 aliphatic carbocycles. The predicted octanol–water partition coefficient (Wildman–Crippen LogP) is 2.06. The van der Waals surface area contributed by atoms with Crippen molar-refractivity contribution >= 4 is 4.50 Å². The topological polar surface area (TPSA) is 3.24 Å². The second-order valence-corrected chi connectivity index (χ2v) is 4.12. The van der Waals surface area contributed by atoms with Crippen LogP contribution in [0.4, 0.5) is 0 Å². The van der Waals surface area contributed by atoms with Crippen molar-refractivity contribution < 1.29 is 15.9 Å². The van der Waals surface area contributed by atoms with Crippen LogP contribution in [0.5, 0.6) is 0 Å². The first-order valence-corrected chi connectivity index (χ1v) is 6.09. The summed E-state index contributed by atoms with van der Waals surface area (Å²) in [7, 11) is 2.02. The van der Waals surface area contributed by atoms with Gasteiger partial charge in [-0.05, 0) is 0 Å². The molecule has 0 bridgehead atoms. The van der Waals surface area contributed by atoms with Gasteiger partial charge in [0.2, 0.25) is 0 Å². The summed E-state index contributed by atoms with van der Waals surface area (Å²) in [5, 5.41) is 0. The van der Waals surface area contributed by atoms with Crippen molar-refractivity contribution in [3.8, 4) is 23.7 Å². The van der Waals surface area contributed by atoms with Gasteiger partial charge in [0, 0.05) is 0 Å². The van der Waals surface area contributed by atoms with E-state index in [1.807, 2.05) is 44.3 Å². The molecule has 0 N–H and O–H groups in total. The van der Waals surface area contributed by atoms with E-state index in [0.29, 0.717) is 0 Å². The molecule has 0 saturated carbocycles. The molecule has 1 rings (SSSR count). The number of rotatable bonds is 3. The van der Waals surface area contributed by atoms with Crippen LogP contribution in [0.25, 0.3) is 0 Å². The molecular weight excluding hydrogens is 246 g/mol. The fourth-order valence-corrected chi connectivity index (χ4v) is 1.41. The number of benzene rings is 1. The Labute approximate surface area is 112 Å². The standard InChI is InChI=1S/C15H15N.Cr/c1-3-4-8-13-16(2)14-9-12-15-10-6-5-7-11-15;/h5-7,10-11H,8,13H2,1-2H3;. The van der Waals surface area contributed by atoms with E-state index in [0.717, 1.165) is 23.0 Å². The third kappa shape index (κ3) is 5.54. The summed E-state index contributed by atoms with van der Waals surface area (Å²) >= 11 is 2.99. The van der Waals surface area contributed by atoms with Crippen molar-refractivity contribution in [3.63, 3.8) is 0 Å². The van der Waals surface area contributed by atoms with E-state index in [1.54, 1.807) is 0 Å². The Morgan fingerprint density at radius 3 is 2.65 bits per heavy atom. The molecule has 0 fully saturated rings. The third-order valence-electron chi connectivity index (χ3n) is 2.18. The normalized spacial score (nSPS) is 8.88. The Morgan fingerprint density at radius 1 is 1.29 bits per heavy atom. The maximum absolute atomic E-state index is 3.12. The van der Waals surface area contributed by atoms with Crippen molar-refractivity contribution in [3.05, 3.63) is 35.9 Å². The zero-order valence-corrected chi connectivity index (χ0v) is 11.4. The SMILES string of the molecule is CC#CCCN(C)[C](=[Cr])C#Cc1ccccc1. The molecule has 0 unspecified atom stereocenters. The van der Waals surface area contributed by atoms with Crippen LogP contribution in [-0.2, 0) is 15.9 Å². The summed E-state index contributed by atoms with van der Waals surface area (Å²) in [6, 6.07) is 9.97. The Hall–Kier alpha value is -1.30. The van der Waals surface area contributed by atoms with Crippen molar-refractivity contribution in [2.75, 3.05) is 13.6 Å². The van der Waals surface area contributed by atoms with E-state index in [2.05, 4.69) is 44.4 Å². The molecule has 0 atom stereocenters. The molecule has 0 spiro atoms. The van der Waals surface area contributed by atoms with Gasteiger partial charge < -0.3 is 0 Å². The molecule has 0 aliphatic heterocycles.